The first kappa shape index (κ1) is 15.5. The first-order chi connectivity index (χ1) is 10.7. The van der Waals surface area contributed by atoms with Gasteiger partial charge in [-0.3, -0.25) is 0 Å². The maximum Gasteiger partial charge on any atom is 0.194 e. The maximum absolute atomic E-state index is 7.30. The Morgan fingerprint density at radius 3 is 2.09 bits per heavy atom. The van der Waals surface area contributed by atoms with Gasteiger partial charge in [0.2, 0.25) is 0 Å². The quantitative estimate of drug-likeness (QED) is 0.770. The second-order valence-electron chi connectivity index (χ2n) is 4.51. The van der Waals surface area contributed by atoms with Crippen LogP contribution in [0.4, 0.5) is 5.69 Å². The average Bonchev–Trinajstić information content (AvgIpc) is 2.59. The molecular weight excluding hydrogens is 278 g/mol. The molecule has 0 aliphatic carbocycles. The lowest BCUT2D eigenvalue weighted by atomic mass is 9.96. The van der Waals surface area contributed by atoms with Crippen molar-refractivity contribution < 1.29 is 14.2 Å². The predicted molar refractivity (Wildman–Crippen MR) is 86.9 cm³/mol. The Balaban J connectivity index is 2.65. The summed E-state index contributed by atoms with van der Waals surface area (Å²) < 4.78 is 16.1. The lowest BCUT2D eigenvalue weighted by Gasteiger charge is -2.17. The molecule has 0 bridgehead atoms. The van der Waals surface area contributed by atoms with Crippen molar-refractivity contribution in [2.75, 3.05) is 21.3 Å². The minimum atomic E-state index is 0.535. The lowest BCUT2D eigenvalue weighted by Crippen LogP contribution is -1.98. The SMILES string of the molecule is [C-]#[N+]c1ccccc1C(=C)c1c(OC)cc(OC)cc1OC. The summed E-state index contributed by atoms with van der Waals surface area (Å²) in [5, 5.41) is 0. The third-order valence-electron chi connectivity index (χ3n) is 3.37. The summed E-state index contributed by atoms with van der Waals surface area (Å²) in [7, 11) is 4.73. The molecule has 0 aromatic heterocycles. The normalized spacial score (nSPS) is 9.73. The minimum absolute atomic E-state index is 0.535. The molecule has 0 radical (unpaired) electrons. The molecule has 0 fully saturated rings. The highest BCUT2D eigenvalue weighted by molar-refractivity contribution is 5.90. The molecule has 0 aliphatic heterocycles. The van der Waals surface area contributed by atoms with Crippen molar-refractivity contribution in [1.82, 2.24) is 0 Å². The summed E-state index contributed by atoms with van der Waals surface area (Å²) in [5.41, 5.74) is 2.66. The van der Waals surface area contributed by atoms with Crippen LogP contribution in [0.25, 0.3) is 10.4 Å². The molecule has 0 amide bonds. The van der Waals surface area contributed by atoms with E-state index in [1.54, 1.807) is 39.5 Å². The molecule has 0 saturated carbocycles. The van der Waals surface area contributed by atoms with E-state index in [2.05, 4.69) is 11.4 Å². The van der Waals surface area contributed by atoms with Crippen LogP contribution in [-0.2, 0) is 0 Å². The van der Waals surface area contributed by atoms with Gasteiger partial charge < -0.3 is 14.2 Å². The molecule has 4 heteroatoms. The second kappa shape index (κ2) is 6.68. The highest BCUT2D eigenvalue weighted by Gasteiger charge is 2.18. The Hall–Kier alpha value is -2.93. The predicted octanol–water partition coefficient (Wildman–Crippen LogP) is 4.32. The third-order valence-corrected chi connectivity index (χ3v) is 3.37. The van der Waals surface area contributed by atoms with Crippen molar-refractivity contribution in [2.45, 2.75) is 0 Å². The summed E-state index contributed by atoms with van der Waals surface area (Å²) in [4.78, 5) is 3.54. The molecule has 2 aromatic rings. The van der Waals surface area contributed by atoms with Crippen LogP contribution < -0.4 is 14.2 Å². The van der Waals surface area contributed by atoms with E-state index in [0.29, 0.717) is 34.1 Å². The van der Waals surface area contributed by atoms with Crippen LogP contribution in [0.5, 0.6) is 17.2 Å². The molecular formula is C18H17NO3. The number of benzene rings is 2. The van der Waals surface area contributed by atoms with Gasteiger partial charge in [0, 0.05) is 12.1 Å². The van der Waals surface area contributed by atoms with Crippen molar-refractivity contribution >= 4 is 11.3 Å². The topological polar surface area (TPSA) is 32.0 Å². The van der Waals surface area contributed by atoms with Crippen LogP contribution >= 0.6 is 0 Å². The first-order valence-corrected chi connectivity index (χ1v) is 6.62. The Morgan fingerprint density at radius 2 is 1.59 bits per heavy atom. The molecule has 112 valence electrons. The molecule has 0 atom stereocenters. The summed E-state index contributed by atoms with van der Waals surface area (Å²) in [6.45, 7) is 11.4. The Labute approximate surface area is 130 Å². The number of para-hydroxylation sites is 1. The van der Waals surface area contributed by atoms with Gasteiger partial charge in [0.25, 0.3) is 0 Å². The average molecular weight is 295 g/mol. The first-order valence-electron chi connectivity index (χ1n) is 6.62. The minimum Gasteiger partial charge on any atom is -0.496 e. The van der Waals surface area contributed by atoms with Gasteiger partial charge in [-0.05, 0) is 11.1 Å². The van der Waals surface area contributed by atoms with Gasteiger partial charge in [0.05, 0.1) is 33.5 Å². The molecule has 0 heterocycles. The Bertz CT molecular complexity index is 719. The van der Waals surface area contributed by atoms with Gasteiger partial charge in [-0.1, -0.05) is 30.8 Å². The summed E-state index contributed by atoms with van der Waals surface area (Å²) in [5.74, 6) is 1.80. The molecule has 2 aromatic carbocycles. The van der Waals surface area contributed by atoms with Crippen LogP contribution in [0.2, 0.25) is 0 Å². The molecule has 0 spiro atoms. The lowest BCUT2D eigenvalue weighted by molar-refractivity contribution is 0.374. The monoisotopic (exact) mass is 295 g/mol. The fraction of sp³-hybridized carbons (Fsp3) is 0.167. The smallest absolute Gasteiger partial charge is 0.194 e. The molecule has 0 unspecified atom stereocenters. The van der Waals surface area contributed by atoms with E-state index in [1.807, 2.05) is 18.2 Å². The summed E-state index contributed by atoms with van der Waals surface area (Å²) >= 11 is 0. The van der Waals surface area contributed by atoms with Crippen molar-refractivity contribution in [2.24, 2.45) is 0 Å². The summed E-state index contributed by atoms with van der Waals surface area (Å²) in [6, 6.07) is 10.9. The third kappa shape index (κ3) is 2.75. The highest BCUT2D eigenvalue weighted by Crippen LogP contribution is 2.42. The Morgan fingerprint density at radius 1 is 1.00 bits per heavy atom. The van der Waals surface area contributed by atoms with Crippen LogP contribution in [0.15, 0.2) is 43.0 Å². The molecule has 0 saturated heterocycles. The van der Waals surface area contributed by atoms with E-state index < -0.39 is 0 Å². The zero-order valence-electron chi connectivity index (χ0n) is 12.8. The van der Waals surface area contributed by atoms with E-state index in [9.17, 15) is 0 Å². The molecule has 4 nitrogen and oxygen atoms in total. The highest BCUT2D eigenvalue weighted by atomic mass is 16.5. The number of hydrogen-bond acceptors (Lipinski definition) is 3. The summed E-state index contributed by atoms with van der Waals surface area (Å²) in [6.07, 6.45) is 0. The van der Waals surface area contributed by atoms with Crippen molar-refractivity contribution in [3.8, 4) is 17.2 Å². The van der Waals surface area contributed by atoms with Crippen LogP contribution in [0.1, 0.15) is 11.1 Å². The maximum atomic E-state index is 7.30. The Kier molecular flexibility index (Phi) is 4.70. The number of nitrogens with zero attached hydrogens (tertiary/aromatic N) is 1. The van der Waals surface area contributed by atoms with E-state index in [0.717, 1.165) is 5.56 Å². The van der Waals surface area contributed by atoms with Gasteiger partial charge in [-0.15, -0.1) is 0 Å². The van der Waals surface area contributed by atoms with Gasteiger partial charge >= 0.3 is 0 Å². The number of rotatable bonds is 5. The standard InChI is InChI=1S/C18H17NO3/c1-12(14-8-6-7-9-15(14)19-2)18-16(21-4)10-13(20-3)11-17(18)22-5/h6-11H,1H2,3-5H3. The molecule has 0 aliphatic rings. The van der Waals surface area contributed by atoms with Crippen LogP contribution in [0.3, 0.4) is 0 Å². The van der Waals surface area contributed by atoms with E-state index >= 15 is 0 Å². The largest absolute Gasteiger partial charge is 0.496 e. The van der Waals surface area contributed by atoms with Crippen LogP contribution in [-0.4, -0.2) is 21.3 Å². The van der Waals surface area contributed by atoms with Gasteiger partial charge in [-0.2, -0.15) is 0 Å². The zero-order valence-corrected chi connectivity index (χ0v) is 12.8. The van der Waals surface area contributed by atoms with E-state index in [4.69, 9.17) is 20.8 Å². The molecule has 0 N–H and O–H groups in total. The zero-order chi connectivity index (χ0) is 16.1. The van der Waals surface area contributed by atoms with Gasteiger partial charge in [0.15, 0.2) is 5.69 Å². The fourth-order valence-electron chi connectivity index (χ4n) is 2.26. The van der Waals surface area contributed by atoms with Gasteiger partial charge in [0.1, 0.15) is 17.2 Å². The number of hydrogen-bond donors (Lipinski definition) is 0. The fourth-order valence-corrected chi connectivity index (χ4v) is 2.26. The molecule has 22 heavy (non-hydrogen) atoms. The van der Waals surface area contributed by atoms with Gasteiger partial charge in [-0.25, -0.2) is 4.85 Å². The van der Waals surface area contributed by atoms with Crippen LogP contribution in [0, 0.1) is 6.57 Å². The molecule has 2 rings (SSSR count). The second-order valence-corrected chi connectivity index (χ2v) is 4.51. The van der Waals surface area contributed by atoms with E-state index in [-0.39, 0.29) is 0 Å². The van der Waals surface area contributed by atoms with E-state index in [1.165, 1.54) is 0 Å². The van der Waals surface area contributed by atoms with Crippen molar-refractivity contribution in [3.63, 3.8) is 0 Å². The number of ether oxygens (including phenoxy) is 3. The van der Waals surface area contributed by atoms with Crippen molar-refractivity contribution in [1.29, 1.82) is 0 Å². The van der Waals surface area contributed by atoms with Crippen molar-refractivity contribution in [3.05, 3.63) is 65.5 Å². The number of methoxy groups -OCH3 is 3.